The Labute approximate surface area is 38.9 Å². The summed E-state index contributed by atoms with van der Waals surface area (Å²) < 4.78 is 0. The third-order valence-corrected chi connectivity index (χ3v) is 0.478. The van der Waals surface area contributed by atoms with Crippen LogP contribution in [0.1, 0.15) is 0 Å². The monoisotopic (exact) mass is 83.1 g/mol. The lowest BCUT2D eigenvalue weighted by Gasteiger charge is -1.84. The van der Waals surface area contributed by atoms with Gasteiger partial charge in [0.25, 0.3) is 0 Å². The predicted molar refractivity (Wildman–Crippen MR) is 29.8 cm³/mol. The summed E-state index contributed by atoms with van der Waals surface area (Å²) in [5.41, 5.74) is 0. The Morgan fingerprint density at radius 2 is 2.67 bits per heavy atom. The zero-order chi connectivity index (χ0) is 4.83. The van der Waals surface area contributed by atoms with Gasteiger partial charge >= 0.3 is 0 Å². The molecule has 6 heavy (non-hydrogen) atoms. The van der Waals surface area contributed by atoms with E-state index in [1.54, 1.807) is 0 Å². The summed E-state index contributed by atoms with van der Waals surface area (Å²) in [6.45, 7) is 0. The van der Waals surface area contributed by atoms with Crippen LogP contribution in [0.3, 0.4) is 0 Å². The van der Waals surface area contributed by atoms with Gasteiger partial charge in [0.05, 0.1) is 7.74 Å². The van der Waals surface area contributed by atoms with Crippen molar-refractivity contribution in [2.45, 2.75) is 0 Å². The van der Waals surface area contributed by atoms with Gasteiger partial charge in [0, 0.05) is 0 Å². The van der Waals surface area contributed by atoms with Crippen LogP contribution in [0.5, 0.6) is 0 Å². The summed E-state index contributed by atoms with van der Waals surface area (Å²) in [4.78, 5) is 9.45. The van der Waals surface area contributed by atoms with E-state index >= 15 is 0 Å². The highest BCUT2D eigenvalue weighted by Crippen LogP contribution is 1.38. The maximum Gasteiger partial charge on any atom is 0.206 e. The summed E-state index contributed by atoms with van der Waals surface area (Å²) in [6, 6.07) is 0. The van der Waals surface area contributed by atoms with E-state index < -0.39 is 0 Å². The lowest BCUT2D eigenvalue weighted by atomic mass is 9.56. The van der Waals surface area contributed by atoms with E-state index in [0.29, 0.717) is 6.41 Å². The Balaban J connectivity index is 2.49. The highest BCUT2D eigenvalue weighted by molar-refractivity contribution is 6.89. The van der Waals surface area contributed by atoms with Crippen molar-refractivity contribution in [3.63, 3.8) is 0 Å². The van der Waals surface area contributed by atoms with Crippen molar-refractivity contribution in [3.05, 3.63) is 0 Å². The number of hydrogen-bond acceptors (Lipinski definition) is 1. The number of nitrogens with one attached hydrogen (secondary N) is 1. The maximum atomic E-state index is 9.45. The summed E-state index contributed by atoms with van der Waals surface area (Å²) in [5, 5.41) is 2.52. The van der Waals surface area contributed by atoms with E-state index in [2.05, 4.69) is 5.32 Å². The van der Waals surface area contributed by atoms with Crippen molar-refractivity contribution >= 4 is 21.3 Å². The minimum atomic E-state index is 0.712. The average molecular weight is 82.7 g/mol. The molecule has 0 bridgehead atoms. The van der Waals surface area contributed by atoms with Crippen LogP contribution in [0.25, 0.3) is 0 Å². The van der Waals surface area contributed by atoms with Crippen LogP contribution in [0.2, 0.25) is 0 Å². The summed E-state index contributed by atoms with van der Waals surface area (Å²) in [6.07, 6.45) is 1.51. The lowest BCUT2D eigenvalue weighted by Crippen LogP contribution is -2.17. The van der Waals surface area contributed by atoms with E-state index in [-0.39, 0.29) is 0 Å². The molecule has 0 rings (SSSR count). The first-order valence-electron chi connectivity index (χ1n) is 2.09. The molecule has 4 heteroatoms. The fraction of sp³-hybridized carbons (Fsp3) is 0.500. The summed E-state index contributed by atoms with van der Waals surface area (Å²) >= 11 is 0. The van der Waals surface area contributed by atoms with Gasteiger partial charge < -0.3 is 5.32 Å². The first-order chi connectivity index (χ1) is 2.91. The molecule has 0 aliphatic carbocycles. The summed E-state index contributed by atoms with van der Waals surface area (Å²) in [5.74, 6) is 0. The van der Waals surface area contributed by atoms with Crippen LogP contribution >= 0.6 is 0 Å². The van der Waals surface area contributed by atoms with Gasteiger partial charge in [0.2, 0.25) is 6.41 Å². The van der Waals surface area contributed by atoms with Crippen molar-refractivity contribution in [1.29, 1.82) is 0 Å². The first-order valence-corrected chi connectivity index (χ1v) is 2.09. The SMILES string of the molecule is BBCNC=O. The molecule has 0 fully saturated rings. The molecule has 0 aromatic heterocycles. The molecular formula is C2H7B2NO. The number of hydrogen-bond donors (Lipinski definition) is 1. The van der Waals surface area contributed by atoms with Gasteiger partial charge in [-0.2, -0.15) is 0 Å². The molecule has 0 unspecified atom stereocenters. The number of rotatable bonds is 3. The topological polar surface area (TPSA) is 29.1 Å². The highest BCUT2D eigenvalue weighted by Gasteiger charge is 1.73. The van der Waals surface area contributed by atoms with Crippen LogP contribution in [0.15, 0.2) is 0 Å². The van der Waals surface area contributed by atoms with E-state index in [1.807, 2.05) is 7.74 Å². The van der Waals surface area contributed by atoms with Gasteiger partial charge in [-0.3, -0.25) is 4.79 Å². The van der Waals surface area contributed by atoms with Crippen molar-refractivity contribution in [1.82, 2.24) is 5.32 Å². The van der Waals surface area contributed by atoms with E-state index in [9.17, 15) is 4.79 Å². The smallest absolute Gasteiger partial charge is 0.206 e. The Morgan fingerprint density at radius 1 is 2.00 bits per heavy atom. The first kappa shape index (κ1) is 5.60. The standard InChI is InChI=1S/C2H7B2NO/c3-4-1-5-2-6/h2,4H,1,3H2,(H,5,6). The Morgan fingerprint density at radius 3 is 2.83 bits per heavy atom. The van der Waals surface area contributed by atoms with Gasteiger partial charge in [-0.25, -0.2) is 0 Å². The molecule has 2 nitrogen and oxygen atoms in total. The average Bonchev–Trinajstić information content (AvgIpc) is 1.61. The molecular weight excluding hydrogens is 75.7 g/mol. The van der Waals surface area contributed by atoms with Gasteiger partial charge in [0.1, 0.15) is 7.17 Å². The van der Waals surface area contributed by atoms with Crippen LogP contribution in [-0.4, -0.2) is 27.8 Å². The second kappa shape index (κ2) is 4.60. The molecule has 0 aromatic carbocycles. The quantitative estimate of drug-likeness (QED) is 0.231. The Kier molecular flexibility index (Phi) is 4.29. The van der Waals surface area contributed by atoms with Crippen molar-refractivity contribution in [2.75, 3.05) is 6.44 Å². The molecule has 0 aliphatic rings. The normalized spacial score (nSPS) is 6.67. The third-order valence-electron chi connectivity index (χ3n) is 0.478. The molecule has 0 aromatic rings. The molecule has 1 amide bonds. The molecule has 0 saturated carbocycles. The fourth-order valence-electron chi connectivity index (χ4n) is 0.203. The minimum Gasteiger partial charge on any atom is -0.367 e. The number of carbonyl (C=O) groups is 1. The van der Waals surface area contributed by atoms with Crippen molar-refractivity contribution < 1.29 is 4.79 Å². The molecule has 32 valence electrons. The van der Waals surface area contributed by atoms with Crippen LogP contribution in [-0.2, 0) is 4.79 Å². The van der Waals surface area contributed by atoms with Gasteiger partial charge in [-0.1, -0.05) is 0 Å². The second-order valence-electron chi connectivity index (χ2n) is 1.07. The van der Waals surface area contributed by atoms with Crippen molar-refractivity contribution in [3.8, 4) is 0 Å². The van der Waals surface area contributed by atoms with E-state index in [0.717, 1.165) is 13.6 Å². The third kappa shape index (κ3) is 3.60. The largest absolute Gasteiger partial charge is 0.367 e. The predicted octanol–water partition coefficient (Wildman–Crippen LogP) is -2.33. The molecule has 0 radical (unpaired) electrons. The molecule has 0 aliphatic heterocycles. The van der Waals surface area contributed by atoms with Gasteiger partial charge in [-0.05, 0) is 6.44 Å². The van der Waals surface area contributed by atoms with Crippen LogP contribution in [0.4, 0.5) is 0 Å². The zero-order valence-corrected chi connectivity index (χ0v) is 3.90. The van der Waals surface area contributed by atoms with Gasteiger partial charge in [-0.15, -0.1) is 0 Å². The minimum absolute atomic E-state index is 0.712. The molecule has 0 spiro atoms. The van der Waals surface area contributed by atoms with E-state index in [4.69, 9.17) is 0 Å². The molecule has 0 saturated heterocycles. The summed E-state index contributed by atoms with van der Waals surface area (Å²) in [7, 11) is 3.02. The fourth-order valence-corrected chi connectivity index (χ4v) is 0.203. The Bertz CT molecular complexity index is 40.5. The molecule has 0 atom stereocenters. The molecule has 1 N–H and O–H groups in total. The van der Waals surface area contributed by atoms with Crippen molar-refractivity contribution in [2.24, 2.45) is 0 Å². The number of carbonyl (C=O) groups excluding carboxylic acids is 1. The van der Waals surface area contributed by atoms with Gasteiger partial charge in [0.15, 0.2) is 0 Å². The maximum absolute atomic E-state index is 9.45. The zero-order valence-electron chi connectivity index (χ0n) is 3.90. The highest BCUT2D eigenvalue weighted by atomic mass is 16.1. The number of amides is 1. The van der Waals surface area contributed by atoms with Crippen LogP contribution < -0.4 is 5.32 Å². The Hall–Kier alpha value is -0.400. The molecule has 0 heterocycles. The lowest BCUT2D eigenvalue weighted by molar-refractivity contribution is -0.109. The van der Waals surface area contributed by atoms with E-state index in [1.165, 1.54) is 0 Å². The second-order valence-corrected chi connectivity index (χ2v) is 1.07. The van der Waals surface area contributed by atoms with Crippen LogP contribution in [0, 0.1) is 0 Å².